The van der Waals surface area contributed by atoms with Crippen molar-refractivity contribution >= 4 is 10.0 Å². The van der Waals surface area contributed by atoms with Crippen molar-refractivity contribution in [2.24, 2.45) is 5.41 Å². The molecule has 102 valence electrons. The van der Waals surface area contributed by atoms with Gasteiger partial charge in [-0.05, 0) is 23.1 Å². The van der Waals surface area contributed by atoms with Crippen molar-refractivity contribution in [3.63, 3.8) is 0 Å². The fraction of sp³-hybridized carbons (Fsp3) is 0.500. The van der Waals surface area contributed by atoms with Crippen molar-refractivity contribution in [2.45, 2.75) is 32.3 Å². The van der Waals surface area contributed by atoms with E-state index in [1.54, 1.807) is 0 Å². The minimum absolute atomic E-state index is 0.206. The van der Waals surface area contributed by atoms with Gasteiger partial charge in [-0.15, -0.1) is 0 Å². The molecule has 4 nitrogen and oxygen atoms in total. The van der Waals surface area contributed by atoms with Crippen molar-refractivity contribution in [2.75, 3.05) is 6.54 Å². The number of hydrogen-bond donors (Lipinski definition) is 2. The third-order valence-electron chi connectivity index (χ3n) is 2.26. The van der Waals surface area contributed by atoms with E-state index in [1.165, 1.54) is 6.07 Å². The molecule has 6 heteroatoms. The molecule has 0 saturated heterocycles. The normalized spacial score (nSPS) is 12.7. The largest absolute Gasteiger partial charge is 0.392 e. The number of halogens is 1. The quantitative estimate of drug-likeness (QED) is 0.878. The lowest BCUT2D eigenvalue weighted by atomic mass is 9.98. The molecule has 0 saturated carbocycles. The lowest BCUT2D eigenvalue weighted by molar-refractivity contribution is 0.281. The van der Waals surface area contributed by atoms with Gasteiger partial charge in [0.2, 0.25) is 10.0 Å². The van der Waals surface area contributed by atoms with Crippen LogP contribution in [0.2, 0.25) is 0 Å². The van der Waals surface area contributed by atoms with Crippen LogP contribution in [0.3, 0.4) is 0 Å². The molecule has 0 bridgehead atoms. The molecule has 0 aliphatic carbocycles. The second-order valence-corrected chi connectivity index (χ2v) is 7.04. The Balaban J connectivity index is 3.05. The van der Waals surface area contributed by atoms with Crippen molar-refractivity contribution in [1.29, 1.82) is 0 Å². The van der Waals surface area contributed by atoms with Gasteiger partial charge in [0.15, 0.2) is 0 Å². The molecule has 0 fully saturated rings. The molecule has 2 N–H and O–H groups in total. The molecular formula is C12H18FNO3S. The summed E-state index contributed by atoms with van der Waals surface area (Å²) in [6, 6.07) is 3.52. The highest BCUT2D eigenvalue weighted by atomic mass is 32.2. The van der Waals surface area contributed by atoms with Gasteiger partial charge in [0.25, 0.3) is 0 Å². The SMILES string of the molecule is CC(C)(C)CNS(=O)(=O)c1cc(CO)ccc1F. The Hall–Kier alpha value is -0.980. The summed E-state index contributed by atoms with van der Waals surface area (Å²) in [4.78, 5) is -0.432. The van der Waals surface area contributed by atoms with Crippen LogP contribution in [0, 0.1) is 11.2 Å². The number of nitrogens with one attached hydrogen (secondary N) is 1. The average molecular weight is 275 g/mol. The van der Waals surface area contributed by atoms with E-state index >= 15 is 0 Å². The fourth-order valence-electron chi connectivity index (χ4n) is 1.24. The molecular weight excluding hydrogens is 257 g/mol. The fourth-order valence-corrected chi connectivity index (χ4v) is 2.65. The first-order valence-electron chi connectivity index (χ1n) is 5.55. The number of rotatable bonds is 4. The monoisotopic (exact) mass is 275 g/mol. The summed E-state index contributed by atoms with van der Waals surface area (Å²) < 4.78 is 39.7. The molecule has 0 radical (unpaired) electrons. The zero-order chi connectivity index (χ0) is 14.0. The highest BCUT2D eigenvalue weighted by Crippen LogP contribution is 2.18. The van der Waals surface area contributed by atoms with Crippen LogP contribution >= 0.6 is 0 Å². The van der Waals surface area contributed by atoms with E-state index in [1.807, 2.05) is 20.8 Å². The molecule has 0 heterocycles. The van der Waals surface area contributed by atoms with Crippen molar-refractivity contribution < 1.29 is 17.9 Å². The first-order valence-corrected chi connectivity index (χ1v) is 7.03. The van der Waals surface area contributed by atoms with Crippen LogP contribution in [0.25, 0.3) is 0 Å². The number of hydrogen-bond acceptors (Lipinski definition) is 3. The highest BCUT2D eigenvalue weighted by molar-refractivity contribution is 7.89. The Labute approximate surface area is 107 Å². The third kappa shape index (κ3) is 4.04. The minimum Gasteiger partial charge on any atom is -0.392 e. The maximum absolute atomic E-state index is 13.5. The topological polar surface area (TPSA) is 66.4 Å². The number of sulfonamides is 1. The van der Waals surface area contributed by atoms with E-state index in [4.69, 9.17) is 5.11 Å². The summed E-state index contributed by atoms with van der Waals surface area (Å²) in [7, 11) is -3.89. The zero-order valence-corrected chi connectivity index (χ0v) is 11.5. The van der Waals surface area contributed by atoms with Crippen LogP contribution in [0.1, 0.15) is 26.3 Å². The van der Waals surface area contributed by atoms with Gasteiger partial charge in [0.1, 0.15) is 10.7 Å². The third-order valence-corrected chi connectivity index (χ3v) is 3.68. The predicted molar refractivity (Wildman–Crippen MR) is 67.0 cm³/mol. The second kappa shape index (κ2) is 5.34. The summed E-state index contributed by atoms with van der Waals surface area (Å²) >= 11 is 0. The predicted octanol–water partition coefficient (Wildman–Crippen LogP) is 1.64. The Bertz CT molecular complexity index is 521. The number of aliphatic hydroxyl groups is 1. The van der Waals surface area contributed by atoms with Crippen LogP contribution in [-0.4, -0.2) is 20.1 Å². The maximum Gasteiger partial charge on any atom is 0.243 e. The molecule has 0 aliphatic rings. The van der Waals surface area contributed by atoms with E-state index in [0.29, 0.717) is 5.56 Å². The first-order chi connectivity index (χ1) is 8.15. The van der Waals surface area contributed by atoms with E-state index in [9.17, 15) is 12.8 Å². The van der Waals surface area contributed by atoms with Crippen molar-refractivity contribution in [3.05, 3.63) is 29.6 Å². The van der Waals surface area contributed by atoms with E-state index in [0.717, 1.165) is 12.1 Å². The molecule has 1 aromatic rings. The Morgan fingerprint density at radius 2 is 1.94 bits per heavy atom. The standard InChI is InChI=1S/C12H18FNO3S/c1-12(2,3)8-14-18(16,17)11-6-9(7-15)4-5-10(11)13/h4-6,14-15H,7-8H2,1-3H3. The van der Waals surface area contributed by atoms with Crippen molar-refractivity contribution in [3.8, 4) is 0 Å². The number of benzene rings is 1. The van der Waals surface area contributed by atoms with Gasteiger partial charge in [-0.2, -0.15) is 0 Å². The van der Waals surface area contributed by atoms with Crippen LogP contribution in [0.15, 0.2) is 23.1 Å². The van der Waals surface area contributed by atoms with Gasteiger partial charge in [0, 0.05) is 6.54 Å². The molecule has 0 aliphatic heterocycles. The summed E-state index contributed by atoms with van der Waals surface area (Å²) in [6.07, 6.45) is 0. The Kier molecular flexibility index (Phi) is 4.47. The first kappa shape index (κ1) is 15.1. The molecule has 0 amide bonds. The summed E-state index contributed by atoms with van der Waals surface area (Å²) in [5.41, 5.74) is 0.116. The van der Waals surface area contributed by atoms with Gasteiger partial charge in [-0.3, -0.25) is 0 Å². The minimum atomic E-state index is -3.89. The summed E-state index contributed by atoms with van der Waals surface area (Å²) in [5, 5.41) is 8.94. The van der Waals surface area contributed by atoms with Gasteiger partial charge >= 0.3 is 0 Å². The molecule has 0 spiro atoms. The zero-order valence-electron chi connectivity index (χ0n) is 10.7. The molecule has 1 aromatic carbocycles. The smallest absolute Gasteiger partial charge is 0.243 e. The van der Waals surface area contributed by atoms with Gasteiger partial charge in [0.05, 0.1) is 6.61 Å². The van der Waals surface area contributed by atoms with Crippen LogP contribution in [0.5, 0.6) is 0 Å². The maximum atomic E-state index is 13.5. The molecule has 0 aromatic heterocycles. The van der Waals surface area contributed by atoms with Gasteiger partial charge in [-0.1, -0.05) is 26.8 Å². The van der Waals surface area contributed by atoms with E-state index < -0.39 is 20.7 Å². The van der Waals surface area contributed by atoms with E-state index in [-0.39, 0.29) is 18.6 Å². The van der Waals surface area contributed by atoms with E-state index in [2.05, 4.69) is 4.72 Å². The lowest BCUT2D eigenvalue weighted by Gasteiger charge is -2.19. The van der Waals surface area contributed by atoms with Gasteiger partial charge < -0.3 is 5.11 Å². The summed E-state index contributed by atoms with van der Waals surface area (Å²) in [5.74, 6) is -0.825. The Morgan fingerprint density at radius 1 is 1.33 bits per heavy atom. The van der Waals surface area contributed by atoms with Crippen LogP contribution in [0.4, 0.5) is 4.39 Å². The van der Waals surface area contributed by atoms with Gasteiger partial charge in [-0.25, -0.2) is 17.5 Å². The summed E-state index contributed by atoms with van der Waals surface area (Å²) in [6.45, 7) is 5.49. The van der Waals surface area contributed by atoms with Crippen LogP contribution in [-0.2, 0) is 16.6 Å². The second-order valence-electron chi connectivity index (χ2n) is 5.31. The molecule has 0 atom stereocenters. The van der Waals surface area contributed by atoms with Crippen molar-refractivity contribution in [1.82, 2.24) is 4.72 Å². The highest BCUT2D eigenvalue weighted by Gasteiger charge is 2.22. The average Bonchev–Trinajstić information content (AvgIpc) is 2.26. The molecule has 18 heavy (non-hydrogen) atoms. The molecule has 1 rings (SSSR count). The van der Waals surface area contributed by atoms with Crippen LogP contribution < -0.4 is 4.72 Å². The number of aliphatic hydroxyl groups excluding tert-OH is 1. The lowest BCUT2D eigenvalue weighted by Crippen LogP contribution is -2.32. The molecule has 0 unspecified atom stereocenters. The Morgan fingerprint density at radius 3 is 2.44 bits per heavy atom.